The Hall–Kier alpha value is -5.60. The van der Waals surface area contributed by atoms with E-state index in [1.807, 2.05) is 30.5 Å². The number of imide groups is 2. The number of hydrogen-bond donors (Lipinski definition) is 1. The van der Waals surface area contributed by atoms with Gasteiger partial charge in [0.05, 0.1) is 36.3 Å². The summed E-state index contributed by atoms with van der Waals surface area (Å²) in [7, 11) is 7.18. The molecule has 1 N–H and O–H groups in total. The lowest BCUT2D eigenvalue weighted by molar-refractivity contribution is -0.136. The highest BCUT2D eigenvalue weighted by Crippen LogP contribution is 2.40. The van der Waals surface area contributed by atoms with Crippen LogP contribution in [0.2, 0.25) is 0 Å². The number of ether oxygens (including phenoxy) is 2. The van der Waals surface area contributed by atoms with Gasteiger partial charge in [0.2, 0.25) is 11.8 Å². The van der Waals surface area contributed by atoms with Gasteiger partial charge in [-0.1, -0.05) is 0 Å². The van der Waals surface area contributed by atoms with Crippen LogP contribution in [0.1, 0.15) is 58.4 Å². The SMILES string of the molecule is COc1cc(-c2cn(C)c(=O)c3cnccc23)cc(OC)c1CN(C)CCCCN1CCC2C1CN2c1ccc2c(c1)C(=O)N(C1CCC(=O)NC1=O)C2=O. The Labute approximate surface area is 318 Å². The number of piperidine rings is 1. The first-order valence-electron chi connectivity index (χ1n) is 18.8. The summed E-state index contributed by atoms with van der Waals surface area (Å²) in [5.74, 6) is -0.511. The first-order valence-corrected chi connectivity index (χ1v) is 18.8. The van der Waals surface area contributed by atoms with Gasteiger partial charge in [0.15, 0.2) is 0 Å². The minimum absolute atomic E-state index is 0.0937. The summed E-state index contributed by atoms with van der Waals surface area (Å²) in [6, 6.07) is 11.1. The first kappa shape index (κ1) is 36.4. The molecule has 3 saturated heterocycles. The summed E-state index contributed by atoms with van der Waals surface area (Å²) < 4.78 is 13.4. The van der Waals surface area contributed by atoms with Crippen molar-refractivity contribution in [2.45, 2.75) is 56.8 Å². The maximum absolute atomic E-state index is 13.4. The fraction of sp³-hybridized carbons (Fsp3) is 0.415. The number of rotatable bonds is 12. The summed E-state index contributed by atoms with van der Waals surface area (Å²) >= 11 is 0. The molecule has 0 saturated carbocycles. The van der Waals surface area contributed by atoms with Crippen molar-refractivity contribution < 1.29 is 28.7 Å². The standard InChI is InChI=1S/C41H45N7O7/c1-44(21-31-35(54-3)17-24(18-36(31)55-4)30-22-45(2)39(51)29-20-42-13-11-26(29)30)14-5-6-15-46-16-12-32-34(46)23-47(32)25-7-8-27-28(19-25)41(53)48(40(27)52)33-9-10-37(49)43-38(33)50/h7-8,11,13,17-20,22,32-34H,5-6,9-10,12,14-16,21,23H2,1-4H3,(H,43,49,50). The highest BCUT2D eigenvalue weighted by Gasteiger charge is 2.48. The average Bonchev–Trinajstić information content (AvgIpc) is 3.62. The number of aryl methyl sites for hydroxylation is 1. The second-order valence-electron chi connectivity index (χ2n) is 15.0. The number of carbonyl (C=O) groups excluding carboxylic acids is 4. The third-order valence-corrected chi connectivity index (χ3v) is 11.7. The summed E-state index contributed by atoms with van der Waals surface area (Å²) in [4.78, 5) is 75.7. The van der Waals surface area contributed by atoms with Crippen LogP contribution in [0, 0.1) is 0 Å². The molecule has 14 heteroatoms. The van der Waals surface area contributed by atoms with Crippen molar-refractivity contribution in [1.29, 1.82) is 0 Å². The quantitative estimate of drug-likeness (QED) is 0.169. The van der Waals surface area contributed by atoms with Crippen molar-refractivity contribution in [3.8, 4) is 22.6 Å². The summed E-state index contributed by atoms with van der Waals surface area (Å²) in [5.41, 5.74) is 4.18. The Morgan fingerprint density at radius 2 is 1.65 bits per heavy atom. The number of nitrogens with one attached hydrogen (secondary N) is 1. The number of unbranched alkanes of at least 4 members (excludes halogenated alkanes) is 1. The van der Waals surface area contributed by atoms with E-state index < -0.39 is 23.8 Å². The Balaban J connectivity index is 0.855. The summed E-state index contributed by atoms with van der Waals surface area (Å²) in [6.45, 7) is 4.41. The van der Waals surface area contributed by atoms with Crippen LogP contribution in [0.25, 0.3) is 21.9 Å². The molecule has 4 aromatic rings. The molecule has 4 aliphatic rings. The molecule has 0 aliphatic carbocycles. The van der Waals surface area contributed by atoms with Gasteiger partial charge in [-0.05, 0) is 93.2 Å². The number of nitrogens with zero attached hydrogens (tertiary/aromatic N) is 6. The Morgan fingerprint density at radius 3 is 2.40 bits per heavy atom. The van der Waals surface area contributed by atoms with E-state index in [2.05, 4.69) is 32.0 Å². The lowest BCUT2D eigenvalue weighted by Crippen LogP contribution is -2.62. The van der Waals surface area contributed by atoms with Crippen LogP contribution in [-0.4, -0.2) is 113 Å². The van der Waals surface area contributed by atoms with Crippen molar-refractivity contribution in [2.24, 2.45) is 7.05 Å². The molecular formula is C41H45N7O7. The smallest absolute Gasteiger partial charge is 0.262 e. The molecule has 4 aliphatic heterocycles. The van der Waals surface area contributed by atoms with Crippen molar-refractivity contribution in [1.82, 2.24) is 29.6 Å². The molecule has 14 nitrogen and oxygen atoms in total. The molecule has 2 aromatic carbocycles. The molecule has 0 bridgehead atoms. The number of methoxy groups -OCH3 is 2. The first-order chi connectivity index (χ1) is 26.6. The van der Waals surface area contributed by atoms with Gasteiger partial charge in [0, 0.05) is 75.0 Å². The molecule has 2 aromatic heterocycles. The second-order valence-corrected chi connectivity index (χ2v) is 15.0. The van der Waals surface area contributed by atoms with Crippen molar-refractivity contribution in [3.63, 3.8) is 0 Å². The highest BCUT2D eigenvalue weighted by atomic mass is 16.5. The minimum atomic E-state index is -0.971. The molecule has 55 heavy (non-hydrogen) atoms. The van der Waals surface area contributed by atoms with E-state index in [4.69, 9.17) is 9.47 Å². The lowest BCUT2D eigenvalue weighted by atomic mass is 9.95. The lowest BCUT2D eigenvalue weighted by Gasteiger charge is -2.48. The Bertz CT molecular complexity index is 2260. The minimum Gasteiger partial charge on any atom is -0.496 e. The van der Waals surface area contributed by atoms with E-state index in [0.29, 0.717) is 35.1 Å². The molecule has 0 spiro atoms. The number of fused-ring (bicyclic) bond motifs is 3. The van der Waals surface area contributed by atoms with Crippen LogP contribution in [0.5, 0.6) is 11.5 Å². The van der Waals surface area contributed by atoms with Gasteiger partial charge in [0.25, 0.3) is 17.4 Å². The average molecular weight is 748 g/mol. The van der Waals surface area contributed by atoms with Crippen molar-refractivity contribution in [2.75, 3.05) is 52.3 Å². The zero-order valence-corrected chi connectivity index (χ0v) is 31.5. The van der Waals surface area contributed by atoms with E-state index in [9.17, 15) is 24.0 Å². The van der Waals surface area contributed by atoms with Gasteiger partial charge < -0.3 is 23.8 Å². The summed E-state index contributed by atoms with van der Waals surface area (Å²) in [5, 5.41) is 3.63. The van der Waals surface area contributed by atoms with E-state index in [1.54, 1.807) is 50.4 Å². The third-order valence-electron chi connectivity index (χ3n) is 11.7. The second kappa shape index (κ2) is 14.6. The van der Waals surface area contributed by atoms with E-state index in [-0.39, 0.29) is 24.3 Å². The number of aromatic nitrogens is 2. The van der Waals surface area contributed by atoms with Crippen LogP contribution >= 0.6 is 0 Å². The van der Waals surface area contributed by atoms with Crippen molar-refractivity contribution in [3.05, 3.63) is 82.0 Å². The van der Waals surface area contributed by atoms with Crippen LogP contribution < -0.4 is 25.2 Å². The normalized spacial score (nSPS) is 20.9. The molecular weight excluding hydrogens is 702 g/mol. The van der Waals surface area contributed by atoms with Gasteiger partial charge in [0.1, 0.15) is 17.5 Å². The molecule has 3 atom stereocenters. The van der Waals surface area contributed by atoms with Crippen molar-refractivity contribution >= 4 is 40.1 Å². The number of amides is 4. The summed E-state index contributed by atoms with van der Waals surface area (Å²) in [6.07, 6.45) is 8.48. The predicted octanol–water partition coefficient (Wildman–Crippen LogP) is 3.19. The Kier molecular flexibility index (Phi) is 9.64. The molecule has 3 fully saturated rings. The topological polar surface area (TPSA) is 147 Å². The number of carbonyl (C=O) groups is 4. The maximum Gasteiger partial charge on any atom is 0.262 e. The zero-order valence-electron chi connectivity index (χ0n) is 31.5. The number of likely N-dealkylation sites (tertiary alicyclic amines) is 1. The molecule has 3 unspecified atom stereocenters. The van der Waals surface area contributed by atoms with Crippen LogP contribution in [0.3, 0.4) is 0 Å². The molecule has 0 radical (unpaired) electrons. The maximum atomic E-state index is 13.4. The van der Waals surface area contributed by atoms with Crippen LogP contribution in [0.4, 0.5) is 5.69 Å². The van der Waals surface area contributed by atoms with Gasteiger partial charge >= 0.3 is 0 Å². The highest BCUT2D eigenvalue weighted by molar-refractivity contribution is 6.23. The van der Waals surface area contributed by atoms with Gasteiger partial charge in [-0.2, -0.15) is 0 Å². The largest absolute Gasteiger partial charge is 0.496 e. The van der Waals surface area contributed by atoms with Crippen LogP contribution in [-0.2, 0) is 23.2 Å². The number of pyridine rings is 2. The number of anilines is 1. The van der Waals surface area contributed by atoms with E-state index >= 15 is 0 Å². The number of benzene rings is 2. The predicted molar refractivity (Wildman–Crippen MR) is 205 cm³/mol. The molecule has 286 valence electrons. The zero-order chi connectivity index (χ0) is 38.5. The van der Waals surface area contributed by atoms with E-state index in [0.717, 1.165) is 89.6 Å². The fourth-order valence-electron chi connectivity index (χ4n) is 8.79. The molecule has 4 amide bonds. The fourth-order valence-corrected chi connectivity index (χ4v) is 8.79. The molecule has 6 heterocycles. The Morgan fingerprint density at radius 1 is 0.891 bits per heavy atom. The molecule has 8 rings (SSSR count). The number of hydrogen-bond acceptors (Lipinski definition) is 11. The third kappa shape index (κ3) is 6.42. The monoisotopic (exact) mass is 747 g/mol. The van der Waals surface area contributed by atoms with Gasteiger partial charge in [-0.15, -0.1) is 0 Å². The van der Waals surface area contributed by atoms with E-state index in [1.165, 1.54) is 0 Å². The van der Waals surface area contributed by atoms with Gasteiger partial charge in [-0.3, -0.25) is 44.1 Å². The van der Waals surface area contributed by atoms with Crippen LogP contribution in [0.15, 0.2) is 59.8 Å². The van der Waals surface area contributed by atoms with Gasteiger partial charge in [-0.25, -0.2) is 0 Å².